The van der Waals surface area contributed by atoms with Crippen LogP contribution in [-0.4, -0.2) is 21.9 Å². The monoisotopic (exact) mass is 316 g/mol. The zero-order valence-corrected chi connectivity index (χ0v) is 16.9. The maximum Gasteiger partial charge on any atom is 0.126 e. The van der Waals surface area contributed by atoms with Crippen LogP contribution in [-0.2, 0) is 0 Å². The van der Waals surface area contributed by atoms with Crippen molar-refractivity contribution in [1.29, 1.82) is 0 Å². The molecule has 1 aromatic carbocycles. The predicted molar refractivity (Wildman–Crippen MR) is 98.2 cm³/mol. The molecule has 0 aliphatic rings. The third-order valence-corrected chi connectivity index (χ3v) is 5.52. The van der Waals surface area contributed by atoms with Crippen molar-refractivity contribution in [2.45, 2.75) is 78.1 Å². The zero-order valence-electron chi connectivity index (χ0n) is 15.7. The zero-order chi connectivity index (χ0) is 17.1. The van der Waals surface area contributed by atoms with Crippen LogP contribution in [0.3, 0.4) is 0 Å². The third-order valence-electron chi connectivity index (χ3n) is 4.89. The number of ether oxygens (including phenoxy) is 1. The second kappa shape index (κ2) is 7.89. The van der Waals surface area contributed by atoms with Crippen molar-refractivity contribution in [1.82, 2.24) is 0 Å². The highest BCUT2D eigenvalue weighted by Crippen LogP contribution is 2.41. The van der Waals surface area contributed by atoms with E-state index in [1.54, 1.807) is 0 Å². The van der Waals surface area contributed by atoms with E-state index < -0.39 is 0 Å². The summed E-state index contributed by atoms with van der Waals surface area (Å²) in [5, 5.41) is 0.951. The van der Waals surface area contributed by atoms with Gasteiger partial charge in [0.05, 0.1) is 0 Å². The molecule has 1 aromatic rings. The summed E-state index contributed by atoms with van der Waals surface area (Å²) in [6.45, 7) is 18.1. The summed E-state index contributed by atoms with van der Waals surface area (Å²) in [6.07, 6.45) is 0. The van der Waals surface area contributed by atoms with E-state index in [2.05, 4.69) is 89.9 Å². The Hall–Kier alpha value is -0.448. The van der Waals surface area contributed by atoms with Crippen molar-refractivity contribution in [3.8, 4) is 5.75 Å². The first kappa shape index (κ1) is 19.6. The van der Waals surface area contributed by atoms with Crippen molar-refractivity contribution >= 4 is 16.3 Å². The van der Waals surface area contributed by atoms with E-state index in [0.29, 0.717) is 23.7 Å². The minimum absolute atomic E-state index is 0.140. The molecule has 0 fully saturated rings. The van der Waals surface area contributed by atoms with Crippen molar-refractivity contribution in [2.75, 3.05) is 0 Å². The molecule has 1 nitrogen and oxygen atoms in total. The molecule has 1 rings (SSSR count). The summed E-state index contributed by atoms with van der Waals surface area (Å²) in [6, 6.07) is 6.62. The summed E-state index contributed by atoms with van der Waals surface area (Å²) in [5.74, 6) is 2.98. The number of benzene rings is 1. The van der Waals surface area contributed by atoms with Gasteiger partial charge in [0, 0.05) is 0 Å². The summed E-state index contributed by atoms with van der Waals surface area (Å²) in [7, 11) is 0. The Balaban J connectivity index is 3.46. The van der Waals surface area contributed by atoms with Crippen LogP contribution in [0.15, 0.2) is 18.2 Å². The Labute approximate surface area is 146 Å². The van der Waals surface area contributed by atoms with E-state index in [9.17, 15) is 0 Å². The Kier molecular flexibility index (Phi) is 7.03. The van der Waals surface area contributed by atoms with Crippen molar-refractivity contribution < 1.29 is 4.74 Å². The van der Waals surface area contributed by atoms with Crippen LogP contribution in [0, 0.1) is 11.8 Å². The van der Waals surface area contributed by atoms with Gasteiger partial charge in [-0.2, -0.15) is 0 Å². The molecule has 0 spiro atoms. The molecule has 0 aliphatic heterocycles. The van der Waals surface area contributed by atoms with Crippen LogP contribution >= 0.6 is 0 Å². The van der Waals surface area contributed by atoms with Crippen LogP contribution in [0.2, 0.25) is 5.28 Å². The van der Waals surface area contributed by atoms with Gasteiger partial charge in [0.2, 0.25) is 0 Å². The van der Waals surface area contributed by atoms with E-state index in [1.807, 2.05) is 0 Å². The molecule has 0 saturated heterocycles. The van der Waals surface area contributed by atoms with E-state index >= 15 is 0 Å². The first-order chi connectivity index (χ1) is 10.2. The molecule has 0 aromatic heterocycles. The molecule has 0 aliphatic carbocycles. The molecule has 0 bridgehead atoms. The van der Waals surface area contributed by atoms with E-state index in [0.717, 1.165) is 11.0 Å². The highest BCUT2D eigenvalue weighted by atomic mass is 27.0. The second-order valence-electron chi connectivity index (χ2n) is 7.65. The smallest absolute Gasteiger partial charge is 0.126 e. The molecule has 0 amide bonds. The maximum atomic E-state index is 6.84. The topological polar surface area (TPSA) is 9.23 Å². The molecule has 0 heterocycles. The number of hydrogen-bond donors (Lipinski definition) is 0. The predicted octanol–water partition coefficient (Wildman–Crippen LogP) is 5.95. The Morgan fingerprint density at radius 3 is 1.55 bits per heavy atom. The van der Waals surface area contributed by atoms with Crippen LogP contribution in [0.5, 0.6) is 5.75 Å². The molecule has 0 saturated carbocycles. The van der Waals surface area contributed by atoms with Crippen LogP contribution in [0.1, 0.15) is 78.4 Å². The normalized spacial score (nSPS) is 12.7. The average Bonchev–Trinajstić information content (AvgIpc) is 2.43. The number of rotatable bonds is 7. The average molecular weight is 316 g/mol. The molecule has 2 heteroatoms. The summed E-state index contributed by atoms with van der Waals surface area (Å²) in [5.41, 5.74) is 2.52. The molecular formula is C20H33AlO. The van der Waals surface area contributed by atoms with Crippen LogP contribution in [0.4, 0.5) is 0 Å². The second-order valence-corrected chi connectivity index (χ2v) is 8.05. The lowest BCUT2D eigenvalue weighted by Gasteiger charge is -2.43. The summed E-state index contributed by atoms with van der Waals surface area (Å²) >= 11 is 2.91. The third kappa shape index (κ3) is 3.90. The van der Waals surface area contributed by atoms with Gasteiger partial charge in [-0.3, -0.25) is 0 Å². The number of para-hydroxylation sites is 1. The van der Waals surface area contributed by atoms with Gasteiger partial charge in [-0.05, 0) is 34.8 Å². The van der Waals surface area contributed by atoms with Crippen molar-refractivity contribution in [3.63, 3.8) is 0 Å². The molecule has 122 valence electrons. The van der Waals surface area contributed by atoms with Crippen LogP contribution < -0.4 is 4.74 Å². The van der Waals surface area contributed by atoms with E-state index in [1.165, 1.54) is 11.1 Å². The SMILES string of the molecule is CC(C)c1cccc(C(C)C)c1OC([CH2][Al])(C(C)C)C(C)C. The molecular weight excluding hydrogens is 283 g/mol. The molecule has 0 N–H and O–H groups in total. The fourth-order valence-corrected chi connectivity index (χ4v) is 4.23. The number of hydrogen-bond acceptors (Lipinski definition) is 1. The fraction of sp³-hybridized carbons (Fsp3) is 0.700. The van der Waals surface area contributed by atoms with Gasteiger partial charge in [-0.1, -0.05) is 78.9 Å². The maximum absolute atomic E-state index is 6.84. The van der Waals surface area contributed by atoms with Crippen molar-refractivity contribution in [3.05, 3.63) is 29.3 Å². The first-order valence-electron chi connectivity index (χ1n) is 8.69. The van der Waals surface area contributed by atoms with E-state index in [4.69, 9.17) is 4.74 Å². The lowest BCUT2D eigenvalue weighted by atomic mass is 9.81. The van der Waals surface area contributed by atoms with Gasteiger partial charge in [0.25, 0.3) is 0 Å². The van der Waals surface area contributed by atoms with Gasteiger partial charge >= 0.3 is 0 Å². The van der Waals surface area contributed by atoms with Gasteiger partial charge in [0.1, 0.15) is 27.6 Å². The molecule has 22 heavy (non-hydrogen) atoms. The molecule has 2 radical (unpaired) electrons. The van der Waals surface area contributed by atoms with Gasteiger partial charge in [0.15, 0.2) is 0 Å². The fourth-order valence-electron chi connectivity index (χ4n) is 3.21. The highest BCUT2D eigenvalue weighted by molar-refractivity contribution is 6.09. The minimum atomic E-state index is -0.140. The van der Waals surface area contributed by atoms with Gasteiger partial charge in [-0.25, -0.2) is 0 Å². The van der Waals surface area contributed by atoms with Gasteiger partial charge in [-0.15, -0.1) is 0 Å². The largest absolute Gasteiger partial charge is 0.488 e. The lowest BCUT2D eigenvalue weighted by molar-refractivity contribution is -0.00449. The highest BCUT2D eigenvalue weighted by Gasteiger charge is 2.38. The lowest BCUT2D eigenvalue weighted by Crippen LogP contribution is -2.46. The molecule has 0 unspecified atom stereocenters. The summed E-state index contributed by atoms with van der Waals surface area (Å²) < 4.78 is 6.84. The van der Waals surface area contributed by atoms with Crippen LogP contribution in [0.25, 0.3) is 0 Å². The molecule has 0 atom stereocenters. The van der Waals surface area contributed by atoms with E-state index in [-0.39, 0.29) is 5.60 Å². The van der Waals surface area contributed by atoms with Gasteiger partial charge < -0.3 is 4.74 Å². The standard InChI is InChI=1S/C20H33O.Al/c1-13(2)17-11-10-12-18(14(3)4)19(17)21-20(9,15(5)6)16(7)8;/h10-16H,9H2,1-8H3;. The quantitative estimate of drug-likeness (QED) is 0.565. The Bertz CT molecular complexity index is 440. The summed E-state index contributed by atoms with van der Waals surface area (Å²) in [4.78, 5) is 0. The Morgan fingerprint density at radius 1 is 0.864 bits per heavy atom. The first-order valence-corrected chi connectivity index (χ1v) is 9.50. The van der Waals surface area contributed by atoms with Crippen molar-refractivity contribution in [2.24, 2.45) is 11.8 Å². The minimum Gasteiger partial charge on any atom is -0.488 e. The Morgan fingerprint density at radius 2 is 1.27 bits per heavy atom.